The van der Waals surface area contributed by atoms with Crippen molar-refractivity contribution < 1.29 is 13.9 Å². The van der Waals surface area contributed by atoms with Crippen molar-refractivity contribution in [3.05, 3.63) is 36.2 Å². The summed E-state index contributed by atoms with van der Waals surface area (Å²) >= 11 is 0. The number of allylic oxidation sites excluding steroid dienone is 1. The number of rotatable bonds is 3. The molecule has 80 valence electrons. The van der Waals surface area contributed by atoms with E-state index in [0.717, 1.165) is 6.42 Å². The summed E-state index contributed by atoms with van der Waals surface area (Å²) < 4.78 is 24.2. The summed E-state index contributed by atoms with van der Waals surface area (Å²) in [6.07, 6.45) is 3.18. The highest BCUT2D eigenvalue weighted by molar-refractivity contribution is 5.44. The van der Waals surface area contributed by atoms with Gasteiger partial charge in [0.15, 0.2) is 11.5 Å². The lowest BCUT2D eigenvalue weighted by molar-refractivity contribution is 0.170. The molecule has 0 unspecified atom stereocenters. The Morgan fingerprint density at radius 3 is 2.60 bits per heavy atom. The van der Waals surface area contributed by atoms with E-state index in [0.29, 0.717) is 36.7 Å². The standard InChI is InChI=1S/C12H13FO2/c1-2-3-4-9-7-11-12(8-10(9)13)15-6-5-14-11/h2,7-8H,1,3-6H2. The van der Waals surface area contributed by atoms with Gasteiger partial charge in [-0.15, -0.1) is 6.58 Å². The van der Waals surface area contributed by atoms with E-state index in [-0.39, 0.29) is 5.82 Å². The van der Waals surface area contributed by atoms with Crippen LogP contribution in [0.4, 0.5) is 4.39 Å². The van der Waals surface area contributed by atoms with Gasteiger partial charge < -0.3 is 9.47 Å². The maximum atomic E-state index is 13.5. The Kier molecular flexibility index (Phi) is 2.90. The molecule has 1 aliphatic rings. The largest absolute Gasteiger partial charge is 0.486 e. The number of aryl methyl sites for hydroxylation is 1. The van der Waals surface area contributed by atoms with E-state index < -0.39 is 0 Å². The first-order valence-electron chi connectivity index (χ1n) is 5.00. The SMILES string of the molecule is C=CCCc1cc2c(cc1F)OCCO2. The summed E-state index contributed by atoms with van der Waals surface area (Å²) in [5.41, 5.74) is 0.652. The predicted molar refractivity (Wildman–Crippen MR) is 55.9 cm³/mol. The number of ether oxygens (including phenoxy) is 2. The second kappa shape index (κ2) is 4.34. The van der Waals surface area contributed by atoms with Gasteiger partial charge in [-0.05, 0) is 24.5 Å². The summed E-state index contributed by atoms with van der Waals surface area (Å²) in [7, 11) is 0. The Bertz CT molecular complexity index is 374. The highest BCUT2D eigenvalue weighted by Gasteiger charge is 2.15. The zero-order valence-corrected chi connectivity index (χ0v) is 8.46. The second-order valence-corrected chi connectivity index (χ2v) is 3.41. The van der Waals surface area contributed by atoms with Gasteiger partial charge in [-0.3, -0.25) is 0 Å². The summed E-state index contributed by atoms with van der Waals surface area (Å²) in [4.78, 5) is 0. The minimum Gasteiger partial charge on any atom is -0.486 e. The molecule has 0 amide bonds. The van der Waals surface area contributed by atoms with Gasteiger partial charge in [-0.1, -0.05) is 6.08 Å². The van der Waals surface area contributed by atoms with Crippen LogP contribution in [-0.2, 0) is 6.42 Å². The van der Waals surface area contributed by atoms with E-state index in [4.69, 9.17) is 9.47 Å². The van der Waals surface area contributed by atoms with Crippen molar-refractivity contribution in [3.8, 4) is 11.5 Å². The molecule has 1 aliphatic heterocycles. The molecule has 0 spiro atoms. The number of hydrogen-bond acceptors (Lipinski definition) is 2. The normalized spacial score (nSPS) is 13.7. The van der Waals surface area contributed by atoms with Gasteiger partial charge in [0, 0.05) is 6.07 Å². The molecule has 0 saturated heterocycles. The fourth-order valence-corrected chi connectivity index (χ4v) is 1.56. The Morgan fingerprint density at radius 1 is 1.27 bits per heavy atom. The van der Waals surface area contributed by atoms with Crippen LogP contribution < -0.4 is 9.47 Å². The van der Waals surface area contributed by atoms with Crippen LogP contribution in [0.2, 0.25) is 0 Å². The molecule has 1 heterocycles. The molecule has 0 aromatic heterocycles. The van der Waals surface area contributed by atoms with Crippen molar-refractivity contribution in [2.45, 2.75) is 12.8 Å². The molecule has 3 heteroatoms. The van der Waals surface area contributed by atoms with Gasteiger partial charge in [0.05, 0.1) is 0 Å². The predicted octanol–water partition coefficient (Wildman–Crippen LogP) is 2.72. The molecule has 0 atom stereocenters. The lowest BCUT2D eigenvalue weighted by Crippen LogP contribution is -2.15. The summed E-state index contributed by atoms with van der Waals surface area (Å²) in [6.45, 7) is 4.63. The maximum Gasteiger partial charge on any atom is 0.164 e. The summed E-state index contributed by atoms with van der Waals surface area (Å²) in [6, 6.07) is 3.11. The highest BCUT2D eigenvalue weighted by atomic mass is 19.1. The van der Waals surface area contributed by atoms with Crippen LogP contribution in [0.15, 0.2) is 24.8 Å². The van der Waals surface area contributed by atoms with E-state index in [9.17, 15) is 4.39 Å². The van der Waals surface area contributed by atoms with Gasteiger partial charge >= 0.3 is 0 Å². The number of hydrogen-bond donors (Lipinski definition) is 0. The number of benzene rings is 1. The van der Waals surface area contributed by atoms with Crippen molar-refractivity contribution in [2.24, 2.45) is 0 Å². The van der Waals surface area contributed by atoms with E-state index in [1.165, 1.54) is 6.07 Å². The number of fused-ring (bicyclic) bond motifs is 1. The molecule has 1 aromatic carbocycles. The molecular formula is C12H13FO2. The van der Waals surface area contributed by atoms with E-state index in [1.807, 2.05) is 0 Å². The lowest BCUT2D eigenvalue weighted by atomic mass is 10.1. The zero-order chi connectivity index (χ0) is 10.7. The first kappa shape index (κ1) is 10.0. The van der Waals surface area contributed by atoms with Crippen LogP contribution in [0.5, 0.6) is 11.5 Å². The molecule has 15 heavy (non-hydrogen) atoms. The average molecular weight is 208 g/mol. The van der Waals surface area contributed by atoms with Crippen molar-refractivity contribution in [2.75, 3.05) is 13.2 Å². The highest BCUT2D eigenvalue weighted by Crippen LogP contribution is 2.32. The maximum absolute atomic E-state index is 13.5. The Morgan fingerprint density at radius 2 is 1.93 bits per heavy atom. The Hall–Kier alpha value is -1.51. The van der Waals surface area contributed by atoms with Crippen molar-refractivity contribution >= 4 is 0 Å². The second-order valence-electron chi connectivity index (χ2n) is 3.41. The van der Waals surface area contributed by atoms with Crippen molar-refractivity contribution in [1.82, 2.24) is 0 Å². The molecule has 0 fully saturated rings. The van der Waals surface area contributed by atoms with Crippen molar-refractivity contribution in [3.63, 3.8) is 0 Å². The van der Waals surface area contributed by atoms with Crippen LogP contribution in [0.1, 0.15) is 12.0 Å². The monoisotopic (exact) mass is 208 g/mol. The molecule has 0 radical (unpaired) electrons. The molecule has 0 saturated carbocycles. The van der Waals surface area contributed by atoms with Gasteiger partial charge in [-0.2, -0.15) is 0 Å². The molecule has 0 bridgehead atoms. The molecule has 2 nitrogen and oxygen atoms in total. The van der Waals surface area contributed by atoms with Crippen LogP contribution in [-0.4, -0.2) is 13.2 Å². The zero-order valence-electron chi connectivity index (χ0n) is 8.46. The van der Waals surface area contributed by atoms with Crippen LogP contribution >= 0.6 is 0 Å². The first-order valence-corrected chi connectivity index (χ1v) is 5.00. The third-order valence-corrected chi connectivity index (χ3v) is 2.33. The topological polar surface area (TPSA) is 18.5 Å². The number of halogens is 1. The smallest absolute Gasteiger partial charge is 0.164 e. The molecule has 0 aliphatic carbocycles. The fraction of sp³-hybridized carbons (Fsp3) is 0.333. The van der Waals surface area contributed by atoms with Crippen LogP contribution in [0.3, 0.4) is 0 Å². The lowest BCUT2D eigenvalue weighted by Gasteiger charge is -2.19. The minimum atomic E-state index is -0.235. The molecule has 1 aromatic rings. The van der Waals surface area contributed by atoms with Gasteiger partial charge in [0.1, 0.15) is 19.0 Å². The third kappa shape index (κ3) is 2.12. The van der Waals surface area contributed by atoms with E-state index in [1.54, 1.807) is 12.1 Å². The van der Waals surface area contributed by atoms with Gasteiger partial charge in [0.2, 0.25) is 0 Å². The van der Waals surface area contributed by atoms with Crippen LogP contribution in [0, 0.1) is 5.82 Å². The minimum absolute atomic E-state index is 0.235. The summed E-state index contributed by atoms with van der Waals surface area (Å²) in [5, 5.41) is 0. The van der Waals surface area contributed by atoms with Crippen LogP contribution in [0.25, 0.3) is 0 Å². The Labute approximate surface area is 88.3 Å². The van der Waals surface area contributed by atoms with Crippen molar-refractivity contribution in [1.29, 1.82) is 0 Å². The quantitative estimate of drug-likeness (QED) is 0.711. The van der Waals surface area contributed by atoms with E-state index in [2.05, 4.69) is 6.58 Å². The summed E-state index contributed by atoms with van der Waals surface area (Å²) in [5.74, 6) is 0.906. The molecule has 2 rings (SSSR count). The first-order chi connectivity index (χ1) is 7.31. The average Bonchev–Trinajstić information content (AvgIpc) is 2.26. The Balaban J connectivity index is 2.27. The third-order valence-electron chi connectivity index (χ3n) is 2.33. The van der Waals surface area contributed by atoms with E-state index >= 15 is 0 Å². The van der Waals surface area contributed by atoms with Gasteiger partial charge in [0.25, 0.3) is 0 Å². The molecular weight excluding hydrogens is 195 g/mol. The fourth-order valence-electron chi connectivity index (χ4n) is 1.56. The van der Waals surface area contributed by atoms with Gasteiger partial charge in [-0.25, -0.2) is 4.39 Å². The molecule has 0 N–H and O–H groups in total.